The van der Waals surface area contributed by atoms with Crippen LogP contribution in [0.15, 0.2) is 36.7 Å². The van der Waals surface area contributed by atoms with Crippen LogP contribution >= 0.6 is 0 Å². The molecule has 0 radical (unpaired) electrons. The van der Waals surface area contributed by atoms with E-state index >= 15 is 0 Å². The molecule has 1 aliphatic rings. The molecule has 2 N–H and O–H groups in total. The highest BCUT2D eigenvalue weighted by Crippen LogP contribution is 2.39. The van der Waals surface area contributed by atoms with Crippen molar-refractivity contribution in [2.45, 2.75) is 32.4 Å². The van der Waals surface area contributed by atoms with Gasteiger partial charge in [0.2, 0.25) is 0 Å². The molecule has 110 valence electrons. The molecule has 0 bridgehead atoms. The van der Waals surface area contributed by atoms with Gasteiger partial charge in [0.1, 0.15) is 0 Å². The minimum absolute atomic E-state index is 0.310. The summed E-state index contributed by atoms with van der Waals surface area (Å²) < 4.78 is 2.02. The van der Waals surface area contributed by atoms with Gasteiger partial charge in [0.15, 0.2) is 0 Å². The van der Waals surface area contributed by atoms with Crippen molar-refractivity contribution in [2.75, 3.05) is 5.32 Å². The monoisotopic (exact) mass is 285 g/mol. The average molecular weight is 285 g/mol. The van der Waals surface area contributed by atoms with Gasteiger partial charge in [-0.15, -0.1) is 0 Å². The summed E-state index contributed by atoms with van der Waals surface area (Å²) >= 11 is 0. The molecule has 1 aliphatic carbocycles. The van der Waals surface area contributed by atoms with E-state index < -0.39 is 5.97 Å². The Morgan fingerprint density at radius 1 is 1.43 bits per heavy atom. The van der Waals surface area contributed by atoms with Gasteiger partial charge < -0.3 is 10.4 Å². The zero-order valence-corrected chi connectivity index (χ0v) is 12.0. The van der Waals surface area contributed by atoms with Crippen LogP contribution in [0.3, 0.4) is 0 Å². The summed E-state index contributed by atoms with van der Waals surface area (Å²) in [6.45, 7) is 2.86. The van der Waals surface area contributed by atoms with Gasteiger partial charge in [-0.3, -0.25) is 4.68 Å². The summed E-state index contributed by atoms with van der Waals surface area (Å²) in [4.78, 5) is 10.8. The number of anilines is 1. The number of benzene rings is 1. The van der Waals surface area contributed by atoms with E-state index in [0.29, 0.717) is 18.2 Å². The van der Waals surface area contributed by atoms with E-state index in [9.17, 15) is 4.79 Å². The molecule has 5 nitrogen and oxygen atoms in total. The number of nitrogens with zero attached hydrogens (tertiary/aromatic N) is 2. The minimum Gasteiger partial charge on any atom is -0.478 e. The van der Waals surface area contributed by atoms with Crippen LogP contribution in [0.25, 0.3) is 0 Å². The molecule has 0 amide bonds. The first-order valence-electron chi connectivity index (χ1n) is 7.24. The van der Waals surface area contributed by atoms with Gasteiger partial charge in [0.25, 0.3) is 0 Å². The van der Waals surface area contributed by atoms with Crippen LogP contribution in [0.4, 0.5) is 5.69 Å². The van der Waals surface area contributed by atoms with Crippen molar-refractivity contribution in [3.63, 3.8) is 0 Å². The number of aromatic nitrogens is 2. The molecular formula is C16H19N3O2. The van der Waals surface area contributed by atoms with Crippen LogP contribution in [0, 0.1) is 5.92 Å². The fourth-order valence-corrected chi connectivity index (χ4v) is 2.42. The Morgan fingerprint density at radius 2 is 2.14 bits per heavy atom. The zero-order valence-electron chi connectivity index (χ0n) is 12.0. The normalized spacial score (nSPS) is 15.7. The lowest BCUT2D eigenvalue weighted by Gasteiger charge is -2.09. The van der Waals surface area contributed by atoms with Gasteiger partial charge >= 0.3 is 5.97 Å². The quantitative estimate of drug-likeness (QED) is 0.855. The van der Waals surface area contributed by atoms with E-state index in [2.05, 4.69) is 17.3 Å². The number of hydrogen-bond donors (Lipinski definition) is 2. The Morgan fingerprint density at radius 3 is 2.76 bits per heavy atom. The molecule has 21 heavy (non-hydrogen) atoms. The molecule has 3 rings (SSSR count). The second-order valence-electron chi connectivity index (χ2n) is 5.64. The first-order valence-corrected chi connectivity index (χ1v) is 7.24. The SMILES string of the molecule is CC(C1CC1)n1cc(NCc2ccc(C(=O)O)cc2)cn1. The third-order valence-electron chi connectivity index (χ3n) is 4.02. The molecule has 1 unspecified atom stereocenters. The summed E-state index contributed by atoms with van der Waals surface area (Å²) in [7, 11) is 0. The van der Waals surface area contributed by atoms with Crippen molar-refractivity contribution in [3.8, 4) is 0 Å². The van der Waals surface area contributed by atoms with Gasteiger partial charge in [-0.2, -0.15) is 5.10 Å². The standard InChI is InChI=1S/C16H19N3O2/c1-11(13-6-7-13)19-10-15(9-18-19)17-8-12-2-4-14(5-3-12)16(20)21/h2-5,9-11,13,17H,6-8H2,1H3,(H,20,21). The van der Waals surface area contributed by atoms with E-state index in [1.165, 1.54) is 12.8 Å². The summed E-state index contributed by atoms with van der Waals surface area (Å²) in [5.41, 5.74) is 2.35. The van der Waals surface area contributed by atoms with Crippen molar-refractivity contribution in [2.24, 2.45) is 5.92 Å². The number of carboxylic acids is 1. The molecule has 2 aromatic rings. The van der Waals surface area contributed by atoms with Crippen molar-refractivity contribution in [3.05, 3.63) is 47.8 Å². The minimum atomic E-state index is -0.898. The Balaban J connectivity index is 1.58. The summed E-state index contributed by atoms with van der Waals surface area (Å²) in [6.07, 6.45) is 6.48. The lowest BCUT2D eigenvalue weighted by atomic mass is 10.1. The Kier molecular flexibility index (Phi) is 3.64. The molecule has 1 heterocycles. The van der Waals surface area contributed by atoms with Crippen molar-refractivity contribution in [1.82, 2.24) is 9.78 Å². The first-order chi connectivity index (χ1) is 10.1. The van der Waals surface area contributed by atoms with Crippen LogP contribution in [0.5, 0.6) is 0 Å². The Bertz CT molecular complexity index is 629. The smallest absolute Gasteiger partial charge is 0.335 e. The van der Waals surface area contributed by atoms with Crippen LogP contribution < -0.4 is 5.32 Å². The summed E-state index contributed by atoms with van der Waals surface area (Å²) in [5.74, 6) is -0.119. The van der Waals surface area contributed by atoms with Gasteiger partial charge in [-0.1, -0.05) is 12.1 Å². The molecule has 1 saturated carbocycles. The Hall–Kier alpha value is -2.30. The van der Waals surface area contributed by atoms with E-state index in [1.54, 1.807) is 12.1 Å². The van der Waals surface area contributed by atoms with Crippen molar-refractivity contribution in [1.29, 1.82) is 0 Å². The lowest BCUT2D eigenvalue weighted by molar-refractivity contribution is 0.0697. The third kappa shape index (κ3) is 3.24. The molecule has 1 fully saturated rings. The summed E-state index contributed by atoms with van der Waals surface area (Å²) in [5, 5.41) is 16.6. The van der Waals surface area contributed by atoms with Crippen LogP contribution in [0.1, 0.15) is 41.7 Å². The van der Waals surface area contributed by atoms with E-state index in [1.807, 2.05) is 29.2 Å². The Labute approximate surface area is 123 Å². The topological polar surface area (TPSA) is 67.2 Å². The zero-order chi connectivity index (χ0) is 14.8. The van der Waals surface area contributed by atoms with Crippen LogP contribution in [-0.2, 0) is 6.54 Å². The predicted molar refractivity (Wildman–Crippen MR) is 80.4 cm³/mol. The molecule has 0 spiro atoms. The van der Waals surface area contributed by atoms with Gasteiger partial charge in [0, 0.05) is 12.7 Å². The molecule has 0 aliphatic heterocycles. The van der Waals surface area contributed by atoms with Crippen LogP contribution in [0.2, 0.25) is 0 Å². The maximum absolute atomic E-state index is 10.8. The number of carbonyl (C=O) groups is 1. The summed E-state index contributed by atoms with van der Waals surface area (Å²) in [6, 6.07) is 7.37. The first kappa shape index (κ1) is 13.7. The van der Waals surface area contributed by atoms with Gasteiger partial charge in [0.05, 0.1) is 23.5 Å². The maximum Gasteiger partial charge on any atom is 0.335 e. The maximum atomic E-state index is 10.8. The lowest BCUT2D eigenvalue weighted by Crippen LogP contribution is -2.07. The predicted octanol–water partition coefficient (Wildman–Crippen LogP) is 3.16. The largest absolute Gasteiger partial charge is 0.478 e. The fraction of sp³-hybridized carbons (Fsp3) is 0.375. The van der Waals surface area contributed by atoms with Gasteiger partial charge in [-0.05, 0) is 43.4 Å². The second kappa shape index (κ2) is 5.60. The van der Waals surface area contributed by atoms with E-state index in [0.717, 1.165) is 17.2 Å². The molecule has 1 atom stereocenters. The molecule has 0 saturated heterocycles. The molecular weight excluding hydrogens is 266 g/mol. The number of hydrogen-bond acceptors (Lipinski definition) is 3. The number of nitrogens with one attached hydrogen (secondary N) is 1. The van der Waals surface area contributed by atoms with Crippen LogP contribution in [-0.4, -0.2) is 20.9 Å². The highest BCUT2D eigenvalue weighted by Gasteiger charge is 2.29. The average Bonchev–Trinajstić information content (AvgIpc) is 3.23. The fourth-order valence-electron chi connectivity index (χ4n) is 2.42. The van der Waals surface area contributed by atoms with Crippen molar-refractivity contribution >= 4 is 11.7 Å². The van der Waals surface area contributed by atoms with Gasteiger partial charge in [-0.25, -0.2) is 4.79 Å². The van der Waals surface area contributed by atoms with E-state index in [-0.39, 0.29) is 0 Å². The highest BCUT2D eigenvalue weighted by atomic mass is 16.4. The number of aromatic carboxylic acids is 1. The van der Waals surface area contributed by atoms with Crippen molar-refractivity contribution < 1.29 is 9.90 Å². The van der Waals surface area contributed by atoms with E-state index in [4.69, 9.17) is 5.11 Å². The molecule has 1 aromatic carbocycles. The number of carboxylic acid groups (broad SMARTS) is 1. The third-order valence-corrected chi connectivity index (χ3v) is 4.02. The molecule has 5 heteroatoms. The highest BCUT2D eigenvalue weighted by molar-refractivity contribution is 5.87. The molecule has 1 aromatic heterocycles. The second-order valence-corrected chi connectivity index (χ2v) is 5.64. The number of rotatable bonds is 6.